The Morgan fingerprint density at radius 2 is 1.90 bits per heavy atom. The summed E-state index contributed by atoms with van der Waals surface area (Å²) in [6, 6.07) is 2.42. The van der Waals surface area contributed by atoms with Gasteiger partial charge in [-0.05, 0) is 31.0 Å². The minimum atomic E-state index is -4.44. The van der Waals surface area contributed by atoms with Gasteiger partial charge in [0.05, 0.1) is 30.7 Å². The van der Waals surface area contributed by atoms with Crippen molar-refractivity contribution in [1.82, 2.24) is 29.6 Å². The van der Waals surface area contributed by atoms with E-state index in [4.69, 9.17) is 4.98 Å². The first kappa shape index (κ1) is 21.4. The van der Waals surface area contributed by atoms with E-state index >= 15 is 0 Å². The average Bonchev–Trinajstić information content (AvgIpc) is 3.35. The van der Waals surface area contributed by atoms with Gasteiger partial charge < -0.3 is 9.88 Å². The van der Waals surface area contributed by atoms with Crippen molar-refractivity contribution in [2.75, 3.05) is 24.7 Å². The second-order valence-corrected chi connectivity index (χ2v) is 7.82. The highest BCUT2D eigenvalue weighted by atomic mass is 19.4. The molecule has 4 rings (SSSR count). The van der Waals surface area contributed by atoms with E-state index in [1.54, 1.807) is 10.9 Å². The summed E-state index contributed by atoms with van der Waals surface area (Å²) in [6.45, 7) is 8.36. The molecule has 3 aromatic heterocycles. The third-order valence-corrected chi connectivity index (χ3v) is 5.21. The second kappa shape index (κ2) is 8.70. The van der Waals surface area contributed by atoms with Gasteiger partial charge in [0.15, 0.2) is 5.82 Å². The Hall–Kier alpha value is -2.88. The highest BCUT2D eigenvalue weighted by molar-refractivity contribution is 5.60. The Balaban J connectivity index is 1.51. The Morgan fingerprint density at radius 3 is 2.58 bits per heavy atom. The number of anilines is 1. The van der Waals surface area contributed by atoms with Crippen LogP contribution in [0.25, 0.3) is 11.4 Å². The number of aromatic nitrogens is 5. The molecule has 0 spiro atoms. The van der Waals surface area contributed by atoms with Crippen LogP contribution in [0, 0.1) is 0 Å². The maximum absolute atomic E-state index is 12.7. The molecule has 0 atom stereocenters. The van der Waals surface area contributed by atoms with Gasteiger partial charge in [0, 0.05) is 25.5 Å². The molecule has 7 nitrogen and oxygen atoms in total. The maximum Gasteiger partial charge on any atom is 0.433 e. The molecule has 0 amide bonds. The standard InChI is InChI=1S/C21H26F3N7/c1-3-7-29-13-17-20(30(14-29)8-4-2)28-19(27-17)16-10-26-31(12-16)11-15-5-6-18(25-9-15)21(22,23)24/h5-6,9-10,12H,3-4,7-8,11,13-14H2,1-2H3,(H,27,28). The fourth-order valence-electron chi connectivity index (χ4n) is 3.85. The van der Waals surface area contributed by atoms with Crippen LogP contribution < -0.4 is 4.90 Å². The molecule has 0 bridgehead atoms. The zero-order chi connectivity index (χ0) is 22.0. The van der Waals surface area contributed by atoms with Gasteiger partial charge in [-0.2, -0.15) is 18.3 Å². The Kier molecular flexibility index (Phi) is 5.99. The predicted molar refractivity (Wildman–Crippen MR) is 111 cm³/mol. The first-order valence-electron chi connectivity index (χ1n) is 10.5. The Labute approximate surface area is 178 Å². The quantitative estimate of drug-likeness (QED) is 0.607. The van der Waals surface area contributed by atoms with Gasteiger partial charge >= 0.3 is 6.18 Å². The lowest BCUT2D eigenvalue weighted by molar-refractivity contribution is -0.141. The van der Waals surface area contributed by atoms with Gasteiger partial charge in [-0.1, -0.05) is 19.9 Å². The number of imidazole rings is 1. The molecule has 10 heteroatoms. The molecule has 1 aliphatic rings. The van der Waals surface area contributed by atoms with Crippen LogP contribution in [-0.4, -0.2) is 49.4 Å². The van der Waals surface area contributed by atoms with Crippen molar-refractivity contribution in [3.05, 3.63) is 47.7 Å². The molecule has 0 aromatic carbocycles. The molecule has 3 aromatic rings. The smallest absolute Gasteiger partial charge is 0.342 e. The third kappa shape index (κ3) is 4.73. The zero-order valence-electron chi connectivity index (χ0n) is 17.7. The largest absolute Gasteiger partial charge is 0.433 e. The number of alkyl halides is 3. The number of nitrogens with zero attached hydrogens (tertiary/aromatic N) is 6. The number of aromatic amines is 1. The van der Waals surface area contributed by atoms with E-state index in [1.807, 2.05) is 6.20 Å². The second-order valence-electron chi connectivity index (χ2n) is 7.82. The van der Waals surface area contributed by atoms with Crippen molar-refractivity contribution in [3.63, 3.8) is 0 Å². The lowest BCUT2D eigenvalue weighted by Crippen LogP contribution is -2.43. The van der Waals surface area contributed by atoms with Crippen molar-refractivity contribution in [3.8, 4) is 11.4 Å². The Bertz CT molecular complexity index is 1010. The normalized spacial score (nSPS) is 14.8. The molecule has 0 fully saturated rings. The molecule has 0 aliphatic carbocycles. The number of hydrogen-bond acceptors (Lipinski definition) is 5. The number of fused-ring (bicyclic) bond motifs is 1. The monoisotopic (exact) mass is 433 g/mol. The van der Waals surface area contributed by atoms with E-state index in [-0.39, 0.29) is 0 Å². The van der Waals surface area contributed by atoms with Gasteiger partial charge in [0.2, 0.25) is 0 Å². The van der Waals surface area contributed by atoms with E-state index in [9.17, 15) is 13.2 Å². The van der Waals surface area contributed by atoms with Crippen LogP contribution in [0.5, 0.6) is 0 Å². The molecular formula is C21H26F3N7. The topological polar surface area (TPSA) is 65.9 Å². The SMILES string of the molecule is CCCN1Cc2[nH]c(-c3cnn(Cc4ccc(C(F)(F)F)nc4)c3)nc2N(CCC)C1. The molecule has 31 heavy (non-hydrogen) atoms. The summed E-state index contributed by atoms with van der Waals surface area (Å²) in [5.41, 5.74) is 1.69. The summed E-state index contributed by atoms with van der Waals surface area (Å²) in [5.74, 6) is 1.74. The van der Waals surface area contributed by atoms with Crippen molar-refractivity contribution in [2.24, 2.45) is 0 Å². The molecule has 0 saturated carbocycles. The van der Waals surface area contributed by atoms with Gasteiger partial charge in [-0.3, -0.25) is 14.6 Å². The van der Waals surface area contributed by atoms with Gasteiger partial charge in [0.25, 0.3) is 0 Å². The molecule has 1 aliphatic heterocycles. The van der Waals surface area contributed by atoms with E-state index in [1.165, 1.54) is 12.3 Å². The summed E-state index contributed by atoms with van der Waals surface area (Å²) in [4.78, 5) is 16.5. The fourth-order valence-corrected chi connectivity index (χ4v) is 3.85. The van der Waals surface area contributed by atoms with E-state index in [0.29, 0.717) is 12.1 Å². The Morgan fingerprint density at radius 1 is 1.10 bits per heavy atom. The number of H-pyrrole nitrogens is 1. The minimum absolute atomic E-state index is 0.331. The number of rotatable bonds is 7. The van der Waals surface area contributed by atoms with E-state index in [0.717, 1.165) is 68.1 Å². The molecule has 0 unspecified atom stereocenters. The van der Waals surface area contributed by atoms with Gasteiger partial charge in [-0.15, -0.1) is 0 Å². The molecule has 0 saturated heterocycles. The number of halogens is 3. The lowest BCUT2D eigenvalue weighted by atomic mass is 10.2. The summed E-state index contributed by atoms with van der Waals surface area (Å²) < 4.78 is 39.7. The molecular weight excluding hydrogens is 407 g/mol. The average molecular weight is 433 g/mol. The van der Waals surface area contributed by atoms with Crippen molar-refractivity contribution >= 4 is 5.82 Å². The highest BCUT2D eigenvalue weighted by Crippen LogP contribution is 2.29. The number of hydrogen-bond donors (Lipinski definition) is 1. The molecule has 166 valence electrons. The van der Waals surface area contributed by atoms with Crippen LogP contribution in [0.2, 0.25) is 0 Å². The maximum atomic E-state index is 12.7. The van der Waals surface area contributed by atoms with Crippen LogP contribution >= 0.6 is 0 Å². The number of nitrogens with one attached hydrogen (secondary N) is 1. The van der Waals surface area contributed by atoms with Gasteiger partial charge in [-0.25, -0.2) is 4.98 Å². The summed E-state index contributed by atoms with van der Waals surface area (Å²) in [5, 5.41) is 4.35. The highest BCUT2D eigenvalue weighted by Gasteiger charge is 2.32. The molecule has 0 radical (unpaired) electrons. The summed E-state index contributed by atoms with van der Waals surface area (Å²) >= 11 is 0. The van der Waals surface area contributed by atoms with E-state index in [2.05, 4.69) is 38.7 Å². The molecule has 1 N–H and O–H groups in total. The van der Waals surface area contributed by atoms with E-state index < -0.39 is 11.9 Å². The first-order chi connectivity index (χ1) is 14.9. The van der Waals surface area contributed by atoms with Crippen LogP contribution in [0.4, 0.5) is 19.0 Å². The van der Waals surface area contributed by atoms with Crippen molar-refractivity contribution < 1.29 is 13.2 Å². The van der Waals surface area contributed by atoms with Crippen molar-refractivity contribution in [2.45, 2.75) is 46.0 Å². The third-order valence-electron chi connectivity index (χ3n) is 5.21. The van der Waals surface area contributed by atoms with Gasteiger partial charge in [0.1, 0.15) is 11.5 Å². The minimum Gasteiger partial charge on any atom is -0.342 e. The first-order valence-corrected chi connectivity index (χ1v) is 10.5. The zero-order valence-corrected chi connectivity index (χ0v) is 17.7. The van der Waals surface area contributed by atoms with Crippen LogP contribution in [0.3, 0.4) is 0 Å². The molecule has 4 heterocycles. The lowest BCUT2D eigenvalue weighted by Gasteiger charge is -2.35. The predicted octanol–water partition coefficient (Wildman–Crippen LogP) is 4.13. The van der Waals surface area contributed by atoms with Crippen LogP contribution in [0.15, 0.2) is 30.7 Å². The van der Waals surface area contributed by atoms with Crippen molar-refractivity contribution in [1.29, 1.82) is 0 Å². The van der Waals surface area contributed by atoms with Crippen LogP contribution in [0.1, 0.15) is 43.6 Å². The number of pyridine rings is 1. The van der Waals surface area contributed by atoms with Crippen LogP contribution in [-0.2, 0) is 19.3 Å². The fraction of sp³-hybridized carbons (Fsp3) is 0.476. The summed E-state index contributed by atoms with van der Waals surface area (Å²) in [6.07, 6.45) is 2.50. The summed E-state index contributed by atoms with van der Waals surface area (Å²) in [7, 11) is 0.